The summed E-state index contributed by atoms with van der Waals surface area (Å²) in [6.07, 6.45) is 10.5. The molecule has 0 radical (unpaired) electrons. The molecule has 0 fully saturated rings. The zero-order valence-corrected chi connectivity index (χ0v) is 9.72. The predicted octanol–water partition coefficient (Wildman–Crippen LogP) is 1.87. The van der Waals surface area contributed by atoms with Gasteiger partial charge in [-0.3, -0.25) is 4.79 Å². The first-order valence-corrected chi connectivity index (χ1v) is 5.41. The molecule has 3 nitrogen and oxygen atoms in total. The van der Waals surface area contributed by atoms with Gasteiger partial charge in [-0.2, -0.15) is 0 Å². The fourth-order valence-corrected chi connectivity index (χ4v) is 1.68. The highest BCUT2D eigenvalue weighted by atomic mass is 16.4. The average molecular weight is 237 g/mol. The Kier molecular flexibility index (Phi) is 3.36. The van der Waals surface area contributed by atoms with Crippen LogP contribution in [0.5, 0.6) is 0 Å². The van der Waals surface area contributed by atoms with Crippen molar-refractivity contribution in [3.05, 3.63) is 40.6 Å². The van der Waals surface area contributed by atoms with Gasteiger partial charge in [0, 0.05) is 6.07 Å². The first-order chi connectivity index (χ1) is 8.76. The number of nitrogens with zero attached hydrogens (tertiary/aromatic N) is 1. The molecule has 0 unspecified atom stereocenters. The lowest BCUT2D eigenvalue weighted by Crippen LogP contribution is -2.24. The van der Waals surface area contributed by atoms with Gasteiger partial charge in [-0.15, -0.1) is 12.8 Å². The molecule has 18 heavy (non-hydrogen) atoms. The minimum absolute atomic E-state index is 0.106. The molecule has 0 spiro atoms. The van der Waals surface area contributed by atoms with Crippen LogP contribution in [0.2, 0.25) is 0 Å². The number of rotatable bonds is 3. The van der Waals surface area contributed by atoms with E-state index in [1.54, 1.807) is 23.1 Å². The van der Waals surface area contributed by atoms with Gasteiger partial charge < -0.3 is 9.32 Å². The van der Waals surface area contributed by atoms with Crippen LogP contribution in [0.4, 0.5) is 5.88 Å². The van der Waals surface area contributed by atoms with E-state index in [0.717, 1.165) is 0 Å². The highest BCUT2D eigenvalue weighted by Gasteiger charge is 2.09. The number of hydrogen-bond donors (Lipinski definition) is 0. The van der Waals surface area contributed by atoms with Gasteiger partial charge in [0.2, 0.25) is 5.88 Å². The van der Waals surface area contributed by atoms with Gasteiger partial charge >= 0.3 is 0 Å². The van der Waals surface area contributed by atoms with Crippen LogP contribution in [-0.2, 0) is 0 Å². The highest BCUT2D eigenvalue weighted by molar-refractivity contribution is 5.77. The highest BCUT2D eigenvalue weighted by Crippen LogP contribution is 2.18. The van der Waals surface area contributed by atoms with Crippen LogP contribution in [0.15, 0.2) is 39.5 Å². The smallest absolute Gasteiger partial charge is 0.201 e. The lowest BCUT2D eigenvalue weighted by atomic mass is 10.2. The number of anilines is 1. The molecule has 0 aliphatic rings. The van der Waals surface area contributed by atoms with E-state index in [0.29, 0.717) is 29.9 Å². The van der Waals surface area contributed by atoms with E-state index in [1.165, 1.54) is 6.07 Å². The van der Waals surface area contributed by atoms with Gasteiger partial charge in [0.15, 0.2) is 5.43 Å². The lowest BCUT2D eigenvalue weighted by molar-refractivity contribution is 0.588. The molecule has 0 bridgehead atoms. The van der Waals surface area contributed by atoms with Crippen LogP contribution in [0.3, 0.4) is 0 Å². The molecule has 0 saturated carbocycles. The second-order valence-electron chi connectivity index (χ2n) is 3.71. The molecule has 3 heteroatoms. The lowest BCUT2D eigenvalue weighted by Gasteiger charge is -2.17. The molecule has 0 atom stereocenters. The van der Waals surface area contributed by atoms with Crippen LogP contribution in [0, 0.1) is 24.7 Å². The topological polar surface area (TPSA) is 33.5 Å². The maximum Gasteiger partial charge on any atom is 0.201 e. The number of para-hydroxylation sites is 1. The molecule has 1 aromatic heterocycles. The first-order valence-electron chi connectivity index (χ1n) is 5.41. The zero-order chi connectivity index (χ0) is 13.0. The third-order valence-electron chi connectivity index (χ3n) is 2.50. The number of hydrogen-bond acceptors (Lipinski definition) is 3. The van der Waals surface area contributed by atoms with Gasteiger partial charge in [0.1, 0.15) is 5.58 Å². The molecule has 1 heterocycles. The van der Waals surface area contributed by atoms with Crippen molar-refractivity contribution in [1.29, 1.82) is 0 Å². The third-order valence-corrected chi connectivity index (χ3v) is 2.50. The summed E-state index contributed by atoms with van der Waals surface area (Å²) in [5, 5.41) is 0.544. The maximum absolute atomic E-state index is 11.9. The van der Waals surface area contributed by atoms with E-state index >= 15 is 0 Å². The summed E-state index contributed by atoms with van der Waals surface area (Å²) in [5.41, 5.74) is 0.421. The third kappa shape index (κ3) is 2.21. The van der Waals surface area contributed by atoms with Crippen molar-refractivity contribution in [3.8, 4) is 24.7 Å². The molecule has 2 rings (SSSR count). The van der Waals surface area contributed by atoms with Gasteiger partial charge in [-0.05, 0) is 12.1 Å². The number of terminal acetylenes is 2. The molecule has 2 aromatic rings. The van der Waals surface area contributed by atoms with E-state index in [1.807, 2.05) is 6.07 Å². The summed E-state index contributed by atoms with van der Waals surface area (Å²) in [7, 11) is 0. The van der Waals surface area contributed by atoms with Crippen LogP contribution >= 0.6 is 0 Å². The van der Waals surface area contributed by atoms with E-state index < -0.39 is 0 Å². The van der Waals surface area contributed by atoms with Crippen molar-refractivity contribution in [1.82, 2.24) is 0 Å². The van der Waals surface area contributed by atoms with E-state index in [4.69, 9.17) is 17.3 Å². The Labute approximate surface area is 105 Å². The van der Waals surface area contributed by atoms with Gasteiger partial charge in [0.25, 0.3) is 0 Å². The van der Waals surface area contributed by atoms with Crippen molar-refractivity contribution >= 4 is 16.9 Å². The standard InChI is InChI=1S/C15H11NO2/c1-3-9-16(10-4-2)15-11-13(17)12-7-5-6-8-14(12)18-15/h1-2,5-8,11H,9-10H2. The molecule has 0 aliphatic carbocycles. The second-order valence-corrected chi connectivity index (χ2v) is 3.71. The van der Waals surface area contributed by atoms with E-state index in [9.17, 15) is 4.79 Å². The zero-order valence-electron chi connectivity index (χ0n) is 9.72. The molecule has 0 N–H and O–H groups in total. The molecule has 0 amide bonds. The van der Waals surface area contributed by atoms with Crippen molar-refractivity contribution in [3.63, 3.8) is 0 Å². The van der Waals surface area contributed by atoms with Gasteiger partial charge in [0.05, 0.1) is 18.5 Å². The predicted molar refractivity (Wildman–Crippen MR) is 72.4 cm³/mol. The Morgan fingerprint density at radius 2 is 1.83 bits per heavy atom. The largest absolute Gasteiger partial charge is 0.440 e. The Bertz CT molecular complexity index is 685. The van der Waals surface area contributed by atoms with Crippen LogP contribution in [0.1, 0.15) is 0 Å². The summed E-state index contributed by atoms with van der Waals surface area (Å²) in [5.74, 6) is 5.37. The number of fused-ring (bicyclic) bond motifs is 1. The SMILES string of the molecule is C#CCN(CC#C)c1cc(=O)c2ccccc2o1. The van der Waals surface area contributed by atoms with Crippen LogP contribution in [-0.4, -0.2) is 13.1 Å². The van der Waals surface area contributed by atoms with E-state index in [2.05, 4.69) is 11.8 Å². The van der Waals surface area contributed by atoms with Crippen molar-refractivity contribution in [2.24, 2.45) is 0 Å². The molecule has 0 aliphatic heterocycles. The fraction of sp³-hybridized carbons (Fsp3) is 0.133. The van der Waals surface area contributed by atoms with Crippen molar-refractivity contribution < 1.29 is 4.42 Å². The minimum atomic E-state index is -0.106. The summed E-state index contributed by atoms with van der Waals surface area (Å²) in [4.78, 5) is 13.6. The molecular formula is C15H11NO2. The number of benzene rings is 1. The van der Waals surface area contributed by atoms with E-state index in [-0.39, 0.29) is 5.43 Å². The first kappa shape index (κ1) is 11.8. The molecule has 0 saturated heterocycles. The van der Waals surface area contributed by atoms with Crippen LogP contribution < -0.4 is 10.3 Å². The summed E-state index contributed by atoms with van der Waals surface area (Å²) in [6.45, 7) is 0.594. The van der Waals surface area contributed by atoms with Gasteiger partial charge in [-0.25, -0.2) is 0 Å². The minimum Gasteiger partial charge on any atom is -0.440 e. The average Bonchev–Trinajstić information content (AvgIpc) is 2.38. The van der Waals surface area contributed by atoms with Crippen molar-refractivity contribution in [2.75, 3.05) is 18.0 Å². The Hall–Kier alpha value is -2.65. The Balaban J connectivity index is 2.55. The van der Waals surface area contributed by atoms with Gasteiger partial charge in [-0.1, -0.05) is 24.0 Å². The summed E-state index contributed by atoms with van der Waals surface area (Å²) in [6, 6.07) is 8.47. The Morgan fingerprint density at radius 3 is 2.50 bits per heavy atom. The quantitative estimate of drug-likeness (QED) is 0.764. The molecule has 88 valence electrons. The second kappa shape index (κ2) is 5.12. The molecular weight excluding hydrogens is 226 g/mol. The monoisotopic (exact) mass is 237 g/mol. The maximum atomic E-state index is 11.9. The van der Waals surface area contributed by atoms with Crippen molar-refractivity contribution in [2.45, 2.75) is 0 Å². The molecule has 1 aromatic carbocycles. The fourth-order valence-electron chi connectivity index (χ4n) is 1.68. The normalized spacial score (nSPS) is 9.67. The Morgan fingerprint density at radius 1 is 1.17 bits per heavy atom. The van der Waals surface area contributed by atoms with Crippen LogP contribution in [0.25, 0.3) is 11.0 Å². The summed E-state index contributed by atoms with van der Waals surface area (Å²) < 4.78 is 5.64. The summed E-state index contributed by atoms with van der Waals surface area (Å²) >= 11 is 0.